The molecule has 2 atom stereocenters. The largest absolute Gasteiger partial charge is 0.397 e. The predicted octanol–water partition coefficient (Wildman–Crippen LogP) is 3.83. The first-order chi connectivity index (χ1) is 8.35. The first-order valence-electron chi connectivity index (χ1n) is 6.97. The van der Waals surface area contributed by atoms with E-state index in [1.165, 1.54) is 25.7 Å². The molecule has 0 fully saturated rings. The summed E-state index contributed by atoms with van der Waals surface area (Å²) in [5.41, 5.74) is 0. The SMILES string of the molecule is CCC(C)CCC(C)CCCCCOS(=O)(=O)O. The minimum absolute atomic E-state index is 0.0834. The second kappa shape index (κ2) is 9.75. The van der Waals surface area contributed by atoms with Crippen molar-refractivity contribution in [2.75, 3.05) is 6.61 Å². The molecule has 0 saturated carbocycles. The number of rotatable bonds is 11. The van der Waals surface area contributed by atoms with Gasteiger partial charge in [-0.15, -0.1) is 0 Å². The fourth-order valence-corrected chi connectivity index (χ4v) is 2.18. The van der Waals surface area contributed by atoms with Crippen LogP contribution in [0.5, 0.6) is 0 Å². The van der Waals surface area contributed by atoms with Crippen molar-refractivity contribution in [1.82, 2.24) is 0 Å². The summed E-state index contributed by atoms with van der Waals surface area (Å²) >= 11 is 0. The first kappa shape index (κ1) is 17.9. The molecule has 0 heterocycles. The zero-order valence-electron chi connectivity index (χ0n) is 11.9. The van der Waals surface area contributed by atoms with E-state index in [4.69, 9.17) is 4.55 Å². The van der Waals surface area contributed by atoms with Crippen LogP contribution in [0.1, 0.15) is 65.7 Å². The summed E-state index contributed by atoms with van der Waals surface area (Å²) in [7, 11) is -4.25. The monoisotopic (exact) mass is 280 g/mol. The average Bonchev–Trinajstić information content (AvgIpc) is 2.29. The fourth-order valence-electron chi connectivity index (χ4n) is 1.85. The van der Waals surface area contributed by atoms with Crippen molar-refractivity contribution in [2.24, 2.45) is 11.8 Å². The summed E-state index contributed by atoms with van der Waals surface area (Å²) in [4.78, 5) is 0. The molecular weight excluding hydrogens is 252 g/mol. The van der Waals surface area contributed by atoms with Gasteiger partial charge in [-0.05, 0) is 18.3 Å². The summed E-state index contributed by atoms with van der Waals surface area (Å²) in [6.07, 6.45) is 7.72. The summed E-state index contributed by atoms with van der Waals surface area (Å²) in [5, 5.41) is 0. The third-order valence-corrected chi connectivity index (χ3v) is 3.89. The highest BCUT2D eigenvalue weighted by Gasteiger charge is 2.06. The third kappa shape index (κ3) is 12.3. The van der Waals surface area contributed by atoms with Crippen molar-refractivity contribution >= 4 is 10.4 Å². The molecule has 0 rings (SSSR count). The lowest BCUT2D eigenvalue weighted by Crippen LogP contribution is -2.05. The van der Waals surface area contributed by atoms with E-state index in [0.29, 0.717) is 6.42 Å². The molecule has 110 valence electrons. The minimum atomic E-state index is -4.25. The van der Waals surface area contributed by atoms with Crippen LogP contribution < -0.4 is 0 Å². The second-order valence-electron chi connectivity index (χ2n) is 5.29. The lowest BCUT2D eigenvalue weighted by molar-refractivity contribution is 0.260. The van der Waals surface area contributed by atoms with Gasteiger partial charge in [0.2, 0.25) is 0 Å². The average molecular weight is 280 g/mol. The fraction of sp³-hybridized carbons (Fsp3) is 1.00. The predicted molar refractivity (Wildman–Crippen MR) is 73.8 cm³/mol. The molecule has 0 aliphatic heterocycles. The Labute approximate surface area is 112 Å². The maximum atomic E-state index is 10.3. The van der Waals surface area contributed by atoms with Gasteiger partial charge < -0.3 is 0 Å². The standard InChI is InChI=1S/C13H28O4S/c1-4-12(2)9-10-13(3)8-6-5-7-11-17-18(14,15)16/h12-13H,4-11H2,1-3H3,(H,14,15,16). The van der Waals surface area contributed by atoms with Gasteiger partial charge in [0.25, 0.3) is 0 Å². The Hall–Kier alpha value is -0.130. The Morgan fingerprint density at radius 3 is 2.17 bits per heavy atom. The molecule has 0 aromatic carbocycles. The molecule has 0 saturated heterocycles. The van der Waals surface area contributed by atoms with Crippen LogP contribution in [0.4, 0.5) is 0 Å². The van der Waals surface area contributed by atoms with Crippen molar-refractivity contribution in [2.45, 2.75) is 65.7 Å². The van der Waals surface area contributed by atoms with Crippen LogP contribution in [0.3, 0.4) is 0 Å². The number of unbranched alkanes of at least 4 members (excludes halogenated alkanes) is 2. The molecule has 2 unspecified atom stereocenters. The summed E-state index contributed by atoms with van der Waals surface area (Å²) < 4.78 is 33.2. The van der Waals surface area contributed by atoms with Gasteiger partial charge >= 0.3 is 10.4 Å². The van der Waals surface area contributed by atoms with E-state index in [1.807, 2.05) is 0 Å². The zero-order valence-corrected chi connectivity index (χ0v) is 12.7. The number of hydrogen-bond acceptors (Lipinski definition) is 3. The normalized spacial score (nSPS) is 15.6. The van der Waals surface area contributed by atoms with E-state index in [0.717, 1.165) is 24.7 Å². The van der Waals surface area contributed by atoms with Crippen LogP contribution in [0.25, 0.3) is 0 Å². The van der Waals surface area contributed by atoms with E-state index in [9.17, 15) is 8.42 Å². The highest BCUT2D eigenvalue weighted by molar-refractivity contribution is 7.80. The molecule has 0 aliphatic carbocycles. The van der Waals surface area contributed by atoms with E-state index in [1.54, 1.807) is 0 Å². The van der Waals surface area contributed by atoms with Gasteiger partial charge in [-0.2, -0.15) is 8.42 Å². The Kier molecular flexibility index (Phi) is 9.68. The molecule has 0 aliphatic rings. The lowest BCUT2D eigenvalue weighted by atomic mass is 9.93. The number of hydrogen-bond donors (Lipinski definition) is 1. The van der Waals surface area contributed by atoms with Crippen LogP contribution in [0.15, 0.2) is 0 Å². The van der Waals surface area contributed by atoms with Crippen LogP contribution in [-0.2, 0) is 14.6 Å². The van der Waals surface area contributed by atoms with Gasteiger partial charge in [-0.1, -0.05) is 59.3 Å². The maximum absolute atomic E-state index is 10.3. The zero-order chi connectivity index (χ0) is 14.0. The van der Waals surface area contributed by atoms with Gasteiger partial charge in [0.15, 0.2) is 0 Å². The molecule has 5 heteroatoms. The molecule has 0 amide bonds. The Balaban J connectivity index is 3.38. The van der Waals surface area contributed by atoms with Crippen LogP contribution in [0.2, 0.25) is 0 Å². The van der Waals surface area contributed by atoms with Crippen molar-refractivity contribution in [3.05, 3.63) is 0 Å². The Morgan fingerprint density at radius 1 is 1.00 bits per heavy atom. The Bertz CT molecular complexity index is 287. The van der Waals surface area contributed by atoms with Crippen molar-refractivity contribution in [3.63, 3.8) is 0 Å². The van der Waals surface area contributed by atoms with Gasteiger partial charge in [0, 0.05) is 0 Å². The summed E-state index contributed by atoms with van der Waals surface area (Å²) in [6.45, 7) is 6.88. The molecule has 0 bridgehead atoms. The third-order valence-electron chi connectivity index (χ3n) is 3.42. The van der Waals surface area contributed by atoms with E-state index in [2.05, 4.69) is 25.0 Å². The minimum Gasteiger partial charge on any atom is -0.264 e. The van der Waals surface area contributed by atoms with Gasteiger partial charge in [0.05, 0.1) is 6.61 Å². The van der Waals surface area contributed by atoms with Crippen LogP contribution >= 0.6 is 0 Å². The van der Waals surface area contributed by atoms with E-state index in [-0.39, 0.29) is 6.61 Å². The summed E-state index contributed by atoms with van der Waals surface area (Å²) in [6, 6.07) is 0. The van der Waals surface area contributed by atoms with Crippen molar-refractivity contribution in [3.8, 4) is 0 Å². The molecule has 0 aromatic rings. The highest BCUT2D eigenvalue weighted by Crippen LogP contribution is 2.19. The van der Waals surface area contributed by atoms with Gasteiger partial charge in [-0.25, -0.2) is 4.18 Å². The van der Waals surface area contributed by atoms with Gasteiger partial charge in [-0.3, -0.25) is 4.55 Å². The smallest absolute Gasteiger partial charge is 0.264 e. The topological polar surface area (TPSA) is 63.6 Å². The van der Waals surface area contributed by atoms with E-state index >= 15 is 0 Å². The molecule has 0 radical (unpaired) electrons. The molecule has 1 N–H and O–H groups in total. The Morgan fingerprint density at radius 2 is 1.61 bits per heavy atom. The van der Waals surface area contributed by atoms with Crippen LogP contribution in [-0.4, -0.2) is 19.6 Å². The quantitative estimate of drug-likeness (QED) is 0.461. The molecule has 0 aromatic heterocycles. The maximum Gasteiger partial charge on any atom is 0.397 e. The molecular formula is C13H28O4S. The van der Waals surface area contributed by atoms with E-state index < -0.39 is 10.4 Å². The highest BCUT2D eigenvalue weighted by atomic mass is 32.3. The first-order valence-corrected chi connectivity index (χ1v) is 8.33. The second-order valence-corrected chi connectivity index (χ2v) is 6.39. The van der Waals surface area contributed by atoms with Crippen molar-refractivity contribution < 1.29 is 17.2 Å². The van der Waals surface area contributed by atoms with Crippen molar-refractivity contribution in [1.29, 1.82) is 0 Å². The lowest BCUT2D eigenvalue weighted by Gasteiger charge is -2.14. The van der Waals surface area contributed by atoms with Gasteiger partial charge in [0.1, 0.15) is 0 Å². The molecule has 18 heavy (non-hydrogen) atoms. The van der Waals surface area contributed by atoms with Crippen LogP contribution in [0, 0.1) is 11.8 Å². The summed E-state index contributed by atoms with van der Waals surface area (Å²) in [5.74, 6) is 1.55. The molecule has 0 spiro atoms. The molecule has 4 nitrogen and oxygen atoms in total.